The van der Waals surface area contributed by atoms with E-state index in [-0.39, 0.29) is 12.2 Å². The minimum Gasteiger partial charge on any atom is -0.373 e. The lowest BCUT2D eigenvalue weighted by Gasteiger charge is -2.35. The van der Waals surface area contributed by atoms with Gasteiger partial charge in [-0.15, -0.1) is 0 Å². The molecule has 2 saturated heterocycles. The third kappa shape index (κ3) is 4.66. The molecule has 2 aliphatic heterocycles. The third-order valence-electron chi connectivity index (χ3n) is 3.84. The smallest absolute Gasteiger partial charge is 0.279 e. The summed E-state index contributed by atoms with van der Waals surface area (Å²) in [4.78, 5) is 2.35. The van der Waals surface area contributed by atoms with Gasteiger partial charge in [-0.3, -0.25) is 4.90 Å². The molecule has 2 aliphatic rings. The summed E-state index contributed by atoms with van der Waals surface area (Å²) >= 11 is 0. The lowest BCUT2D eigenvalue weighted by Crippen LogP contribution is -2.46. The topological polar surface area (TPSA) is 61.9 Å². The van der Waals surface area contributed by atoms with Crippen molar-refractivity contribution in [3.05, 3.63) is 0 Å². The minimum absolute atomic E-state index is 0.264. The van der Waals surface area contributed by atoms with Gasteiger partial charge >= 0.3 is 0 Å². The Kier molecular flexibility index (Phi) is 5.80. The Morgan fingerprint density at radius 2 is 1.75 bits per heavy atom. The molecule has 7 heteroatoms. The second-order valence-electron chi connectivity index (χ2n) is 5.88. The molecule has 0 aromatic carbocycles. The van der Waals surface area contributed by atoms with Gasteiger partial charge in [-0.05, 0) is 39.7 Å². The minimum atomic E-state index is -3.24. The molecule has 0 aliphatic carbocycles. The van der Waals surface area contributed by atoms with Gasteiger partial charge in [0.15, 0.2) is 0 Å². The van der Waals surface area contributed by atoms with E-state index in [1.54, 1.807) is 4.31 Å². The zero-order valence-electron chi connectivity index (χ0n) is 12.5. The normalized spacial score (nSPS) is 29.9. The molecular weight excluding hydrogens is 278 g/mol. The van der Waals surface area contributed by atoms with E-state index < -0.39 is 10.2 Å². The van der Waals surface area contributed by atoms with Crippen LogP contribution in [0.15, 0.2) is 0 Å². The van der Waals surface area contributed by atoms with Crippen LogP contribution in [0.3, 0.4) is 0 Å². The van der Waals surface area contributed by atoms with E-state index >= 15 is 0 Å². The standard InChI is InChI=1S/C13H27N3O3S/c1-12-10-15(11-13(2)19-12)7-5-6-14-20(17,18)16-8-3-4-9-16/h12-14H,3-11H2,1-2H3. The Balaban J connectivity index is 1.66. The maximum absolute atomic E-state index is 12.0. The average Bonchev–Trinajstić information content (AvgIpc) is 2.88. The van der Waals surface area contributed by atoms with Gasteiger partial charge in [0.2, 0.25) is 0 Å². The van der Waals surface area contributed by atoms with Crippen LogP contribution in [0.1, 0.15) is 33.1 Å². The third-order valence-corrected chi connectivity index (χ3v) is 5.45. The number of nitrogens with zero attached hydrogens (tertiary/aromatic N) is 2. The molecule has 2 rings (SSSR count). The molecule has 0 saturated carbocycles. The summed E-state index contributed by atoms with van der Waals surface area (Å²) in [5.41, 5.74) is 0. The monoisotopic (exact) mass is 305 g/mol. The summed E-state index contributed by atoms with van der Waals surface area (Å²) in [7, 11) is -3.24. The van der Waals surface area contributed by atoms with Crippen LogP contribution in [0.5, 0.6) is 0 Å². The van der Waals surface area contributed by atoms with Crippen LogP contribution in [0.4, 0.5) is 0 Å². The molecule has 0 aromatic heterocycles. The molecule has 0 bridgehead atoms. The first-order chi connectivity index (χ1) is 9.47. The highest BCUT2D eigenvalue weighted by Gasteiger charge is 2.25. The van der Waals surface area contributed by atoms with Gasteiger partial charge in [-0.1, -0.05) is 0 Å². The van der Waals surface area contributed by atoms with E-state index in [2.05, 4.69) is 23.5 Å². The van der Waals surface area contributed by atoms with Crippen LogP contribution in [0.2, 0.25) is 0 Å². The fourth-order valence-corrected chi connectivity index (χ4v) is 4.31. The van der Waals surface area contributed by atoms with E-state index in [0.29, 0.717) is 19.6 Å². The number of morpholine rings is 1. The fourth-order valence-electron chi connectivity index (χ4n) is 2.99. The first-order valence-electron chi connectivity index (χ1n) is 7.60. The van der Waals surface area contributed by atoms with Crippen molar-refractivity contribution >= 4 is 10.2 Å². The van der Waals surface area contributed by atoms with Crippen LogP contribution in [-0.4, -0.2) is 69.1 Å². The van der Waals surface area contributed by atoms with Gasteiger partial charge < -0.3 is 4.74 Å². The number of hydrogen-bond donors (Lipinski definition) is 1. The van der Waals surface area contributed by atoms with E-state index in [4.69, 9.17) is 4.74 Å². The summed E-state index contributed by atoms with van der Waals surface area (Å²) in [5, 5.41) is 0. The highest BCUT2D eigenvalue weighted by Crippen LogP contribution is 2.12. The van der Waals surface area contributed by atoms with Crippen molar-refractivity contribution in [2.75, 3.05) is 39.3 Å². The maximum atomic E-state index is 12.0. The van der Waals surface area contributed by atoms with Crippen molar-refractivity contribution < 1.29 is 13.2 Å². The molecule has 0 radical (unpaired) electrons. The van der Waals surface area contributed by atoms with E-state index in [1.165, 1.54) is 0 Å². The molecule has 0 amide bonds. The van der Waals surface area contributed by atoms with Crippen LogP contribution in [0, 0.1) is 0 Å². The summed E-state index contributed by atoms with van der Waals surface area (Å²) in [6.45, 7) is 8.78. The first-order valence-corrected chi connectivity index (χ1v) is 9.04. The quantitative estimate of drug-likeness (QED) is 0.722. The van der Waals surface area contributed by atoms with E-state index in [1.807, 2.05) is 0 Å². The Labute approximate surface area is 122 Å². The molecule has 0 spiro atoms. The summed E-state index contributed by atoms with van der Waals surface area (Å²) in [6.07, 6.45) is 3.32. The Hall–Kier alpha value is -0.210. The number of ether oxygens (including phenoxy) is 1. The lowest BCUT2D eigenvalue weighted by atomic mass is 10.2. The molecule has 2 heterocycles. The average molecular weight is 305 g/mol. The van der Waals surface area contributed by atoms with E-state index in [0.717, 1.165) is 38.9 Å². The highest BCUT2D eigenvalue weighted by atomic mass is 32.2. The largest absolute Gasteiger partial charge is 0.373 e. The molecule has 118 valence electrons. The first kappa shape index (κ1) is 16.2. The Bertz CT molecular complexity index is 386. The van der Waals surface area contributed by atoms with Crippen molar-refractivity contribution in [1.29, 1.82) is 0 Å². The summed E-state index contributed by atoms with van der Waals surface area (Å²) < 4.78 is 33.9. The van der Waals surface area contributed by atoms with Crippen LogP contribution in [0.25, 0.3) is 0 Å². The molecule has 2 atom stereocenters. The zero-order valence-corrected chi connectivity index (χ0v) is 13.4. The second-order valence-corrected chi connectivity index (χ2v) is 7.63. The van der Waals surface area contributed by atoms with Crippen molar-refractivity contribution in [2.45, 2.75) is 45.3 Å². The fraction of sp³-hybridized carbons (Fsp3) is 1.00. The van der Waals surface area contributed by atoms with Gasteiger partial charge in [0.1, 0.15) is 0 Å². The van der Waals surface area contributed by atoms with Gasteiger partial charge in [0.25, 0.3) is 10.2 Å². The van der Waals surface area contributed by atoms with Crippen molar-refractivity contribution in [1.82, 2.24) is 13.9 Å². The molecule has 20 heavy (non-hydrogen) atoms. The van der Waals surface area contributed by atoms with Gasteiger partial charge in [-0.25, -0.2) is 4.72 Å². The molecule has 1 N–H and O–H groups in total. The van der Waals surface area contributed by atoms with Gasteiger partial charge in [0, 0.05) is 32.7 Å². The molecule has 2 unspecified atom stereocenters. The van der Waals surface area contributed by atoms with E-state index in [9.17, 15) is 8.42 Å². The Morgan fingerprint density at radius 1 is 1.15 bits per heavy atom. The maximum Gasteiger partial charge on any atom is 0.279 e. The highest BCUT2D eigenvalue weighted by molar-refractivity contribution is 7.87. The van der Waals surface area contributed by atoms with Crippen molar-refractivity contribution in [3.63, 3.8) is 0 Å². The number of hydrogen-bond acceptors (Lipinski definition) is 4. The van der Waals surface area contributed by atoms with Crippen LogP contribution < -0.4 is 4.72 Å². The molecule has 0 aromatic rings. The lowest BCUT2D eigenvalue weighted by molar-refractivity contribution is -0.0679. The predicted octanol–water partition coefficient (Wildman–Crippen LogP) is 0.416. The number of rotatable bonds is 6. The predicted molar refractivity (Wildman–Crippen MR) is 78.8 cm³/mol. The Morgan fingerprint density at radius 3 is 2.35 bits per heavy atom. The summed E-state index contributed by atoms with van der Waals surface area (Å²) in [6, 6.07) is 0. The number of nitrogens with one attached hydrogen (secondary N) is 1. The van der Waals surface area contributed by atoms with Gasteiger partial charge in [0.05, 0.1) is 12.2 Å². The molecule has 6 nitrogen and oxygen atoms in total. The summed E-state index contributed by atoms with van der Waals surface area (Å²) in [5.74, 6) is 0. The molecular formula is C13H27N3O3S. The molecule has 2 fully saturated rings. The van der Waals surface area contributed by atoms with Crippen molar-refractivity contribution in [3.8, 4) is 0 Å². The second kappa shape index (κ2) is 7.17. The SMILES string of the molecule is CC1CN(CCCNS(=O)(=O)N2CCCC2)CC(C)O1. The van der Waals surface area contributed by atoms with Crippen molar-refractivity contribution in [2.24, 2.45) is 0 Å². The van der Waals surface area contributed by atoms with Gasteiger partial charge in [-0.2, -0.15) is 12.7 Å². The van der Waals surface area contributed by atoms with Crippen LogP contribution >= 0.6 is 0 Å². The zero-order chi connectivity index (χ0) is 14.6. The van der Waals surface area contributed by atoms with Crippen LogP contribution in [-0.2, 0) is 14.9 Å².